The topological polar surface area (TPSA) is 74.5 Å². The third-order valence-corrected chi connectivity index (χ3v) is 5.52. The molecule has 0 N–H and O–H groups in total. The summed E-state index contributed by atoms with van der Waals surface area (Å²) >= 11 is 12.0. The second-order valence-electron chi connectivity index (χ2n) is 5.54. The number of hydrogen-bond acceptors (Lipinski definition) is 6. The normalized spacial score (nSPS) is 12.0. The Labute approximate surface area is 168 Å². The highest BCUT2D eigenvalue weighted by Gasteiger charge is 2.16. The van der Waals surface area contributed by atoms with Crippen LogP contribution in [0.15, 0.2) is 40.9 Å². The van der Waals surface area contributed by atoms with E-state index in [-0.39, 0.29) is 17.4 Å². The van der Waals surface area contributed by atoms with E-state index in [1.165, 1.54) is 0 Å². The minimum absolute atomic E-state index is 0.116. The van der Waals surface area contributed by atoms with Gasteiger partial charge in [0.1, 0.15) is 17.3 Å². The molecule has 0 saturated heterocycles. The molecule has 3 rings (SSSR count). The largest absolute Gasteiger partial charge is 0.497 e. The second-order valence-corrected chi connectivity index (χ2v) is 7.84. The van der Waals surface area contributed by atoms with Crippen LogP contribution in [0.25, 0.3) is 11.4 Å². The molecule has 27 heavy (non-hydrogen) atoms. The van der Waals surface area contributed by atoms with Crippen molar-refractivity contribution in [1.29, 1.82) is 0 Å². The van der Waals surface area contributed by atoms with E-state index in [2.05, 4.69) is 10.1 Å². The van der Waals surface area contributed by atoms with E-state index in [0.717, 1.165) is 5.56 Å². The van der Waals surface area contributed by atoms with E-state index in [9.17, 15) is 4.21 Å². The van der Waals surface area contributed by atoms with Gasteiger partial charge in [0.25, 0.3) is 0 Å². The molecule has 0 radical (unpaired) electrons. The summed E-state index contributed by atoms with van der Waals surface area (Å²) in [5, 5.41) is 4.96. The SMILES string of the molecule is COc1ccc(-c2noc(CS(=O)Cc3ccc(Cl)cc3Cl)n2)c(OC)c1. The Kier molecular flexibility index (Phi) is 6.36. The van der Waals surface area contributed by atoms with Gasteiger partial charge in [-0.25, -0.2) is 0 Å². The van der Waals surface area contributed by atoms with Crippen LogP contribution in [-0.2, 0) is 22.3 Å². The van der Waals surface area contributed by atoms with Crippen LogP contribution in [-0.4, -0.2) is 28.6 Å². The van der Waals surface area contributed by atoms with E-state index < -0.39 is 10.8 Å². The van der Waals surface area contributed by atoms with Gasteiger partial charge < -0.3 is 14.0 Å². The van der Waals surface area contributed by atoms with Crippen molar-refractivity contribution in [3.05, 3.63) is 57.9 Å². The molecule has 1 unspecified atom stereocenters. The molecular formula is C18H16Cl2N2O4S. The lowest BCUT2D eigenvalue weighted by Gasteiger charge is -2.07. The summed E-state index contributed by atoms with van der Waals surface area (Å²) in [7, 11) is 1.85. The first-order valence-electron chi connectivity index (χ1n) is 7.84. The van der Waals surface area contributed by atoms with Crippen molar-refractivity contribution in [2.45, 2.75) is 11.5 Å². The number of halogens is 2. The maximum atomic E-state index is 12.4. The smallest absolute Gasteiger partial charge is 0.239 e. The van der Waals surface area contributed by atoms with Crippen molar-refractivity contribution in [2.24, 2.45) is 0 Å². The number of nitrogens with zero attached hydrogens (tertiary/aromatic N) is 2. The average molecular weight is 427 g/mol. The minimum atomic E-state index is -1.27. The Morgan fingerprint density at radius 1 is 1.07 bits per heavy atom. The maximum Gasteiger partial charge on any atom is 0.239 e. The molecule has 142 valence electrons. The van der Waals surface area contributed by atoms with Crippen molar-refractivity contribution < 1.29 is 18.2 Å². The predicted octanol–water partition coefficient (Wildman–Crippen LogP) is 4.51. The number of aromatic nitrogens is 2. The molecule has 6 nitrogen and oxygen atoms in total. The van der Waals surface area contributed by atoms with E-state index >= 15 is 0 Å². The number of benzene rings is 2. The lowest BCUT2D eigenvalue weighted by atomic mass is 10.2. The molecule has 0 amide bonds. The molecule has 0 saturated carbocycles. The minimum Gasteiger partial charge on any atom is -0.497 e. The molecule has 0 fully saturated rings. The summed E-state index contributed by atoms with van der Waals surface area (Å²) in [4.78, 5) is 4.32. The van der Waals surface area contributed by atoms with Gasteiger partial charge in [-0.05, 0) is 29.8 Å². The van der Waals surface area contributed by atoms with Crippen LogP contribution in [0.4, 0.5) is 0 Å². The zero-order valence-electron chi connectivity index (χ0n) is 14.6. The molecule has 1 atom stereocenters. The highest BCUT2D eigenvalue weighted by molar-refractivity contribution is 7.83. The standard InChI is InChI=1S/C18H16Cl2N2O4S/c1-24-13-5-6-14(16(8-13)25-2)18-21-17(26-22-18)10-27(23)9-11-3-4-12(19)7-15(11)20/h3-8H,9-10H2,1-2H3. The van der Waals surface area contributed by atoms with Crippen LogP contribution >= 0.6 is 23.2 Å². The summed E-state index contributed by atoms with van der Waals surface area (Å²) in [6.07, 6.45) is 0. The molecule has 0 spiro atoms. The highest BCUT2D eigenvalue weighted by atomic mass is 35.5. The van der Waals surface area contributed by atoms with Gasteiger partial charge in [-0.15, -0.1) is 0 Å². The highest BCUT2D eigenvalue weighted by Crippen LogP contribution is 2.31. The predicted molar refractivity (Wildman–Crippen MR) is 105 cm³/mol. The van der Waals surface area contributed by atoms with Gasteiger partial charge in [-0.1, -0.05) is 34.4 Å². The lowest BCUT2D eigenvalue weighted by Crippen LogP contribution is -2.00. The first-order chi connectivity index (χ1) is 13.0. The summed E-state index contributed by atoms with van der Waals surface area (Å²) in [5.74, 6) is 2.21. The monoisotopic (exact) mass is 426 g/mol. The Morgan fingerprint density at radius 3 is 2.59 bits per heavy atom. The molecule has 1 heterocycles. The first-order valence-corrected chi connectivity index (χ1v) is 10.1. The fourth-order valence-electron chi connectivity index (χ4n) is 2.41. The Hall–Kier alpha value is -2.09. The number of methoxy groups -OCH3 is 2. The summed E-state index contributed by atoms with van der Waals surface area (Å²) in [6.45, 7) is 0. The average Bonchev–Trinajstić information content (AvgIpc) is 3.11. The van der Waals surface area contributed by atoms with Crippen molar-refractivity contribution in [3.8, 4) is 22.9 Å². The Balaban J connectivity index is 1.73. The maximum absolute atomic E-state index is 12.4. The first kappa shape index (κ1) is 19.7. The Bertz CT molecular complexity index is 978. The van der Waals surface area contributed by atoms with Gasteiger partial charge >= 0.3 is 0 Å². The fraction of sp³-hybridized carbons (Fsp3) is 0.222. The number of rotatable bonds is 7. The second kappa shape index (κ2) is 8.73. The van der Waals surface area contributed by atoms with Gasteiger partial charge in [0.2, 0.25) is 11.7 Å². The fourth-order valence-corrected chi connectivity index (χ4v) is 4.05. The van der Waals surface area contributed by atoms with Crippen LogP contribution in [0.2, 0.25) is 10.0 Å². The summed E-state index contributed by atoms with van der Waals surface area (Å²) in [5.41, 5.74) is 1.40. The van der Waals surface area contributed by atoms with Crippen molar-refractivity contribution in [1.82, 2.24) is 10.1 Å². The number of hydrogen-bond donors (Lipinski definition) is 0. The van der Waals surface area contributed by atoms with E-state index in [1.54, 1.807) is 50.6 Å². The molecule has 0 aliphatic heterocycles. The third kappa shape index (κ3) is 4.80. The van der Waals surface area contributed by atoms with Crippen LogP contribution in [0.1, 0.15) is 11.5 Å². The zero-order valence-corrected chi connectivity index (χ0v) is 16.9. The molecule has 0 bridgehead atoms. The summed E-state index contributed by atoms with van der Waals surface area (Å²) < 4.78 is 28.2. The molecule has 0 aliphatic rings. The van der Waals surface area contributed by atoms with Gasteiger partial charge in [-0.2, -0.15) is 4.98 Å². The van der Waals surface area contributed by atoms with Crippen molar-refractivity contribution in [3.63, 3.8) is 0 Å². The van der Waals surface area contributed by atoms with Gasteiger partial charge in [-0.3, -0.25) is 4.21 Å². The molecule has 2 aromatic carbocycles. The lowest BCUT2D eigenvalue weighted by molar-refractivity contribution is 0.387. The molecular weight excluding hydrogens is 411 g/mol. The quantitative estimate of drug-likeness (QED) is 0.553. The van der Waals surface area contributed by atoms with E-state index in [0.29, 0.717) is 32.9 Å². The van der Waals surface area contributed by atoms with Crippen LogP contribution in [0.3, 0.4) is 0 Å². The van der Waals surface area contributed by atoms with Gasteiger partial charge in [0.05, 0.1) is 25.5 Å². The van der Waals surface area contributed by atoms with Crippen LogP contribution in [0.5, 0.6) is 11.5 Å². The molecule has 9 heteroatoms. The third-order valence-electron chi connectivity index (χ3n) is 3.73. The van der Waals surface area contributed by atoms with E-state index in [4.69, 9.17) is 37.2 Å². The zero-order chi connectivity index (χ0) is 19.4. The number of ether oxygens (including phenoxy) is 2. The molecule has 0 aliphatic carbocycles. The molecule has 1 aromatic heterocycles. The Morgan fingerprint density at radius 2 is 1.89 bits per heavy atom. The molecule has 3 aromatic rings. The summed E-state index contributed by atoms with van der Waals surface area (Å²) in [6, 6.07) is 10.4. The van der Waals surface area contributed by atoms with Crippen molar-refractivity contribution >= 4 is 34.0 Å². The van der Waals surface area contributed by atoms with Gasteiger partial charge in [0, 0.05) is 26.9 Å². The van der Waals surface area contributed by atoms with Gasteiger partial charge in [0.15, 0.2) is 0 Å². The van der Waals surface area contributed by atoms with E-state index in [1.807, 2.05) is 0 Å². The van der Waals surface area contributed by atoms with Crippen LogP contribution in [0, 0.1) is 0 Å². The van der Waals surface area contributed by atoms with Crippen LogP contribution < -0.4 is 9.47 Å². The van der Waals surface area contributed by atoms with Crippen molar-refractivity contribution in [2.75, 3.05) is 14.2 Å².